The van der Waals surface area contributed by atoms with Crippen molar-refractivity contribution in [1.29, 1.82) is 0 Å². The van der Waals surface area contributed by atoms with Crippen molar-refractivity contribution in [1.82, 2.24) is 8.80 Å². The van der Waals surface area contributed by atoms with Gasteiger partial charge in [-0.25, -0.2) is 13.6 Å². The van der Waals surface area contributed by atoms with Crippen LogP contribution in [0.15, 0.2) is 148 Å². The van der Waals surface area contributed by atoms with Crippen molar-refractivity contribution in [3.63, 3.8) is 0 Å². The van der Waals surface area contributed by atoms with Crippen molar-refractivity contribution in [2.45, 2.75) is 0 Å². The van der Waals surface area contributed by atoms with Crippen molar-refractivity contribution >= 4 is 43.4 Å². The molecule has 0 spiro atoms. The summed E-state index contributed by atoms with van der Waals surface area (Å²) in [6.07, 6.45) is 0. The van der Waals surface area contributed by atoms with Gasteiger partial charge in [-0.1, -0.05) is 103 Å². The summed E-state index contributed by atoms with van der Waals surface area (Å²) in [5.74, 6) is 0. The van der Waals surface area contributed by atoms with E-state index in [0.717, 1.165) is 54.9 Å². The van der Waals surface area contributed by atoms with Gasteiger partial charge in [-0.05, 0) is 74.5 Å². The van der Waals surface area contributed by atoms with Crippen molar-refractivity contribution in [3.8, 4) is 33.4 Å². The molecule has 3 aromatic heterocycles. The summed E-state index contributed by atoms with van der Waals surface area (Å²) >= 11 is 0. The molecule has 0 amide bonds. The Bertz CT molecular complexity index is 2750. The number of aromatic nitrogens is 2. The summed E-state index contributed by atoms with van der Waals surface area (Å²) in [4.78, 5) is 42.2. The minimum atomic E-state index is -0.640. The molecule has 3 heterocycles. The normalized spacial score (nSPS) is 11.9. The Morgan fingerprint density at radius 2 is 0.841 bits per heavy atom. The fourth-order valence-corrected chi connectivity index (χ4v) is 6.85. The first-order chi connectivity index (χ1) is 21.6. The van der Waals surface area contributed by atoms with Crippen molar-refractivity contribution < 1.29 is 0 Å². The fraction of sp³-hybridized carbons (Fsp3) is 0. The largest absolute Gasteiger partial charge is 0.343 e. The van der Waals surface area contributed by atoms with Crippen LogP contribution in [0.25, 0.3) is 76.7 Å². The summed E-state index contributed by atoms with van der Waals surface area (Å²) in [5, 5.41) is 3.87. The van der Waals surface area contributed by atoms with E-state index in [1.54, 1.807) is 12.1 Å². The molecule has 6 aromatic carbocycles. The second-order valence-electron chi connectivity index (χ2n) is 11.2. The number of nitrogens with zero attached hydrogens (tertiary/aromatic N) is 2. The number of hydrogen-bond donors (Lipinski definition) is 0. The highest BCUT2D eigenvalue weighted by Crippen LogP contribution is 2.41. The van der Waals surface area contributed by atoms with E-state index in [2.05, 4.69) is 6.07 Å². The average Bonchev–Trinajstić information content (AvgIpc) is 3.40. The molecule has 0 saturated heterocycles. The molecule has 0 saturated carbocycles. The number of imidazole rings is 1. The lowest BCUT2D eigenvalue weighted by Crippen LogP contribution is -2.30. The van der Waals surface area contributed by atoms with Gasteiger partial charge in [-0.15, -0.1) is 0 Å². The fourth-order valence-electron chi connectivity index (χ4n) is 6.85. The van der Waals surface area contributed by atoms with Gasteiger partial charge in [0.15, 0.2) is 0 Å². The molecule has 0 unspecified atom stereocenters. The van der Waals surface area contributed by atoms with Crippen LogP contribution >= 0.6 is 0 Å². The van der Waals surface area contributed by atoms with Crippen LogP contribution in [-0.4, -0.2) is 8.80 Å². The maximum absolute atomic E-state index is 14.1. The Morgan fingerprint density at radius 1 is 0.364 bits per heavy atom. The molecule has 0 aliphatic heterocycles. The monoisotopic (exact) mass is 566 g/mol. The molecule has 9 rings (SSSR count). The summed E-state index contributed by atoms with van der Waals surface area (Å²) < 4.78 is 2.39. The van der Waals surface area contributed by atoms with E-state index >= 15 is 0 Å². The van der Waals surface area contributed by atoms with Crippen LogP contribution in [0.5, 0.6) is 0 Å². The van der Waals surface area contributed by atoms with E-state index in [1.165, 1.54) is 8.80 Å². The van der Waals surface area contributed by atoms with Gasteiger partial charge in [0.05, 0.1) is 11.0 Å². The molecule has 0 aliphatic carbocycles. The first kappa shape index (κ1) is 24.5. The zero-order valence-electron chi connectivity index (χ0n) is 23.3. The van der Waals surface area contributed by atoms with Crippen LogP contribution in [-0.2, 0) is 0 Å². The standard InChI is InChI=1S/C39H22N2O3/c42-37-28-18-16-26(23-10-4-1-5-11-23)20-31(28)33-22-30(25-14-8-3-9-15-25)34-32-21-27(24-12-6-2-7-13-24)17-19-29(32)38(43)41-36(34)35(33)40(37)39(41)44/h1-22H. The first-order valence-corrected chi connectivity index (χ1v) is 14.5. The third-order valence-corrected chi connectivity index (χ3v) is 8.87. The quantitative estimate of drug-likeness (QED) is 0.207. The molecular formula is C39H22N2O3. The molecule has 0 N–H and O–H groups in total. The topological polar surface area (TPSA) is 60.0 Å². The van der Waals surface area contributed by atoms with E-state index in [1.807, 2.05) is 115 Å². The molecule has 0 atom stereocenters. The lowest BCUT2D eigenvalue weighted by Gasteiger charge is -2.15. The highest BCUT2D eigenvalue weighted by Gasteiger charge is 2.26. The predicted octanol–water partition coefficient (Wildman–Crippen LogP) is 7.61. The number of fused-ring (bicyclic) bond motifs is 4. The van der Waals surface area contributed by atoms with Crippen LogP contribution in [0, 0.1) is 0 Å². The Labute approximate surface area is 249 Å². The maximum Gasteiger partial charge on any atom is 0.343 e. The molecule has 0 aliphatic rings. The van der Waals surface area contributed by atoms with Crippen LogP contribution in [0.3, 0.4) is 0 Å². The number of rotatable bonds is 3. The average molecular weight is 567 g/mol. The molecule has 206 valence electrons. The van der Waals surface area contributed by atoms with Crippen molar-refractivity contribution in [3.05, 3.63) is 165 Å². The lowest BCUT2D eigenvalue weighted by atomic mass is 9.91. The first-order valence-electron chi connectivity index (χ1n) is 14.5. The zero-order valence-corrected chi connectivity index (χ0v) is 23.3. The van der Waals surface area contributed by atoms with Gasteiger partial charge in [-0.2, -0.15) is 0 Å². The number of hydrogen-bond acceptors (Lipinski definition) is 3. The van der Waals surface area contributed by atoms with Crippen LogP contribution in [0.4, 0.5) is 0 Å². The van der Waals surface area contributed by atoms with E-state index in [-0.39, 0.29) is 0 Å². The molecule has 5 nitrogen and oxygen atoms in total. The molecule has 0 radical (unpaired) electrons. The van der Waals surface area contributed by atoms with E-state index in [0.29, 0.717) is 21.8 Å². The zero-order chi connectivity index (χ0) is 29.5. The minimum absolute atomic E-state index is 0.428. The second kappa shape index (κ2) is 8.96. The molecular weight excluding hydrogens is 544 g/mol. The van der Waals surface area contributed by atoms with Gasteiger partial charge >= 0.3 is 5.69 Å². The summed E-state index contributed by atoms with van der Waals surface area (Å²) in [7, 11) is 0. The molecule has 5 heteroatoms. The number of pyridine rings is 2. The maximum atomic E-state index is 14.1. The highest BCUT2D eigenvalue weighted by atomic mass is 16.2. The Balaban J connectivity index is 1.54. The summed E-state index contributed by atoms with van der Waals surface area (Å²) in [6, 6.07) is 43.6. The predicted molar refractivity (Wildman–Crippen MR) is 178 cm³/mol. The molecule has 9 aromatic rings. The summed E-state index contributed by atoms with van der Waals surface area (Å²) in [6.45, 7) is 0. The van der Waals surface area contributed by atoms with Crippen molar-refractivity contribution in [2.24, 2.45) is 0 Å². The minimum Gasteiger partial charge on any atom is -0.268 e. The van der Waals surface area contributed by atoms with Gasteiger partial charge in [-0.3, -0.25) is 9.59 Å². The Kier molecular flexibility index (Phi) is 5.00. The second-order valence-corrected chi connectivity index (χ2v) is 11.2. The lowest BCUT2D eigenvalue weighted by molar-refractivity contribution is 0.958. The third-order valence-electron chi connectivity index (χ3n) is 8.87. The Hall–Kier alpha value is -6.07. The van der Waals surface area contributed by atoms with Crippen LogP contribution in [0.1, 0.15) is 0 Å². The molecule has 44 heavy (non-hydrogen) atoms. The van der Waals surface area contributed by atoms with E-state index in [4.69, 9.17) is 0 Å². The molecule has 0 fully saturated rings. The van der Waals surface area contributed by atoms with Gasteiger partial charge in [0.2, 0.25) is 0 Å². The van der Waals surface area contributed by atoms with Gasteiger partial charge in [0.1, 0.15) is 0 Å². The SMILES string of the molecule is O=c1c2ccc(-c3ccccc3)cc2c2cc(-c3ccccc3)c3c4cc(-c5ccccc5)ccc4c(=O)n4c(=O)n1c2c34. The third kappa shape index (κ3) is 3.26. The smallest absolute Gasteiger partial charge is 0.268 e. The van der Waals surface area contributed by atoms with Gasteiger partial charge in [0, 0.05) is 21.5 Å². The van der Waals surface area contributed by atoms with Crippen molar-refractivity contribution in [2.75, 3.05) is 0 Å². The van der Waals surface area contributed by atoms with E-state index < -0.39 is 16.8 Å². The van der Waals surface area contributed by atoms with Gasteiger partial charge < -0.3 is 0 Å². The van der Waals surface area contributed by atoms with Crippen LogP contribution < -0.4 is 16.8 Å². The summed E-state index contributed by atoms with van der Waals surface area (Å²) in [5.41, 5.74) is 5.27. The van der Waals surface area contributed by atoms with Crippen LogP contribution in [0.2, 0.25) is 0 Å². The highest BCUT2D eigenvalue weighted by molar-refractivity contribution is 6.25. The van der Waals surface area contributed by atoms with Gasteiger partial charge in [0.25, 0.3) is 11.1 Å². The van der Waals surface area contributed by atoms with E-state index in [9.17, 15) is 14.4 Å². The molecule has 0 bridgehead atoms. The number of benzene rings is 6. The Morgan fingerprint density at radius 3 is 1.41 bits per heavy atom.